The van der Waals surface area contributed by atoms with Crippen LogP contribution in [-0.2, 0) is 16.1 Å². The van der Waals surface area contributed by atoms with Crippen molar-refractivity contribution >= 4 is 29.7 Å². The van der Waals surface area contributed by atoms with Gasteiger partial charge in [-0.15, -0.1) is 12.4 Å². The van der Waals surface area contributed by atoms with Crippen molar-refractivity contribution in [3.05, 3.63) is 22.4 Å². The Morgan fingerprint density at radius 2 is 2.27 bits per heavy atom. The molecule has 2 fully saturated rings. The summed E-state index contributed by atoms with van der Waals surface area (Å²) in [5.41, 5.74) is 1.59. The van der Waals surface area contributed by atoms with E-state index >= 15 is 0 Å². The number of thiophene rings is 1. The lowest BCUT2D eigenvalue weighted by molar-refractivity contribution is -0.143. The van der Waals surface area contributed by atoms with Gasteiger partial charge in [0.1, 0.15) is 6.10 Å². The third-order valence-corrected chi connectivity index (χ3v) is 5.77. The maximum atomic E-state index is 12.7. The molecule has 0 radical (unpaired) electrons. The van der Waals surface area contributed by atoms with E-state index in [1.165, 1.54) is 18.4 Å². The molecule has 0 bridgehead atoms. The molecule has 22 heavy (non-hydrogen) atoms. The van der Waals surface area contributed by atoms with Crippen LogP contribution >= 0.6 is 23.7 Å². The molecule has 1 aliphatic carbocycles. The highest BCUT2D eigenvalue weighted by molar-refractivity contribution is 7.07. The van der Waals surface area contributed by atoms with E-state index in [9.17, 15) is 4.79 Å². The smallest absolute Gasteiger partial charge is 0.251 e. The molecule has 6 heteroatoms. The standard InChI is InChI=1S/C16H24N2O2S.ClH/c1-12(20-2)15(19)18(10-13-3-8-21-11-13)14-9-16(14)4-6-17-7-5-16;/h3,8,11-12,14,17H,4-7,9-10H2,1-2H3;1H. The molecule has 3 rings (SSSR count). The molecule has 1 aliphatic heterocycles. The van der Waals surface area contributed by atoms with E-state index in [-0.39, 0.29) is 24.4 Å². The summed E-state index contributed by atoms with van der Waals surface area (Å²) in [4.78, 5) is 14.8. The third kappa shape index (κ3) is 3.48. The van der Waals surface area contributed by atoms with Crippen LogP contribution < -0.4 is 5.32 Å². The van der Waals surface area contributed by atoms with Crippen LogP contribution in [0.1, 0.15) is 31.7 Å². The monoisotopic (exact) mass is 344 g/mol. The number of carbonyl (C=O) groups is 1. The lowest BCUT2D eigenvalue weighted by Gasteiger charge is -2.31. The number of hydrogen-bond acceptors (Lipinski definition) is 4. The summed E-state index contributed by atoms with van der Waals surface area (Å²) in [6.45, 7) is 4.73. The Morgan fingerprint density at radius 3 is 2.86 bits per heavy atom. The van der Waals surface area contributed by atoms with Gasteiger partial charge < -0.3 is 15.0 Å². The van der Waals surface area contributed by atoms with Gasteiger partial charge in [-0.25, -0.2) is 0 Å². The van der Waals surface area contributed by atoms with Gasteiger partial charge in [-0.05, 0) is 67.1 Å². The normalized spacial score (nSPS) is 23.6. The molecular weight excluding hydrogens is 320 g/mol. The molecular formula is C16H25ClN2O2S. The van der Waals surface area contributed by atoms with Crippen LogP contribution in [0.15, 0.2) is 16.8 Å². The summed E-state index contributed by atoms with van der Waals surface area (Å²) in [5, 5.41) is 7.63. The first-order valence-corrected chi connectivity index (χ1v) is 8.66. The van der Waals surface area contributed by atoms with Crippen molar-refractivity contribution in [1.82, 2.24) is 10.2 Å². The maximum absolute atomic E-state index is 12.7. The van der Waals surface area contributed by atoms with E-state index in [0.717, 1.165) is 26.1 Å². The molecule has 1 aromatic rings. The van der Waals surface area contributed by atoms with Gasteiger partial charge >= 0.3 is 0 Å². The number of nitrogens with one attached hydrogen (secondary N) is 1. The van der Waals surface area contributed by atoms with Crippen LogP contribution in [0, 0.1) is 5.41 Å². The van der Waals surface area contributed by atoms with Crippen molar-refractivity contribution in [2.45, 2.75) is 44.9 Å². The van der Waals surface area contributed by atoms with E-state index in [4.69, 9.17) is 4.74 Å². The third-order valence-electron chi connectivity index (χ3n) is 5.04. The predicted octanol–water partition coefficient (Wildman–Crippen LogP) is 2.68. The minimum absolute atomic E-state index is 0. The lowest BCUT2D eigenvalue weighted by atomic mass is 9.93. The van der Waals surface area contributed by atoms with Crippen molar-refractivity contribution < 1.29 is 9.53 Å². The average Bonchev–Trinajstić information content (AvgIpc) is 2.96. The summed E-state index contributed by atoms with van der Waals surface area (Å²) in [5.74, 6) is 0.129. The zero-order valence-corrected chi connectivity index (χ0v) is 14.8. The van der Waals surface area contributed by atoms with Crippen molar-refractivity contribution in [2.75, 3.05) is 20.2 Å². The fourth-order valence-corrected chi connectivity index (χ4v) is 4.14. The summed E-state index contributed by atoms with van der Waals surface area (Å²) in [7, 11) is 1.61. The summed E-state index contributed by atoms with van der Waals surface area (Å²) in [6, 6.07) is 2.50. The van der Waals surface area contributed by atoms with Crippen molar-refractivity contribution in [2.24, 2.45) is 5.41 Å². The Kier molecular flexibility index (Phi) is 5.88. The molecule has 1 aromatic heterocycles. The first kappa shape index (κ1) is 17.7. The summed E-state index contributed by atoms with van der Waals surface area (Å²) < 4.78 is 5.26. The van der Waals surface area contributed by atoms with E-state index < -0.39 is 0 Å². The molecule has 1 amide bonds. The summed E-state index contributed by atoms with van der Waals surface area (Å²) >= 11 is 1.69. The zero-order chi connectivity index (χ0) is 14.9. The highest BCUT2D eigenvalue weighted by Gasteiger charge is 2.58. The van der Waals surface area contributed by atoms with E-state index in [1.54, 1.807) is 18.4 Å². The highest BCUT2D eigenvalue weighted by atomic mass is 35.5. The maximum Gasteiger partial charge on any atom is 0.251 e. The van der Waals surface area contributed by atoms with Crippen LogP contribution in [0.5, 0.6) is 0 Å². The number of rotatable bonds is 5. The van der Waals surface area contributed by atoms with Crippen molar-refractivity contribution in [3.63, 3.8) is 0 Å². The van der Waals surface area contributed by atoms with Gasteiger partial charge in [-0.3, -0.25) is 4.79 Å². The van der Waals surface area contributed by atoms with Gasteiger partial charge in [0.05, 0.1) is 0 Å². The molecule has 4 nitrogen and oxygen atoms in total. The van der Waals surface area contributed by atoms with E-state index in [1.807, 2.05) is 6.92 Å². The van der Waals surface area contributed by atoms with Crippen molar-refractivity contribution in [3.8, 4) is 0 Å². The summed E-state index contributed by atoms with van der Waals surface area (Å²) in [6.07, 6.45) is 3.17. The fourth-order valence-electron chi connectivity index (χ4n) is 3.48. The number of amides is 1. The highest BCUT2D eigenvalue weighted by Crippen LogP contribution is 2.56. The Morgan fingerprint density at radius 1 is 1.55 bits per heavy atom. The Bertz CT molecular complexity index is 488. The lowest BCUT2D eigenvalue weighted by Crippen LogP contribution is -2.43. The molecule has 1 saturated carbocycles. The van der Waals surface area contributed by atoms with Gasteiger partial charge in [-0.2, -0.15) is 11.3 Å². The molecule has 1 saturated heterocycles. The Labute approximate surface area is 142 Å². The van der Waals surface area contributed by atoms with Gasteiger partial charge in [0.2, 0.25) is 0 Å². The van der Waals surface area contributed by atoms with Gasteiger partial charge in [0.15, 0.2) is 0 Å². The number of methoxy groups -OCH3 is 1. The Balaban J connectivity index is 0.00000176. The van der Waals surface area contributed by atoms with Gasteiger partial charge in [0, 0.05) is 19.7 Å². The molecule has 2 atom stereocenters. The molecule has 1 N–H and O–H groups in total. The number of hydrogen-bond donors (Lipinski definition) is 1. The number of carbonyl (C=O) groups excluding carboxylic acids is 1. The molecule has 2 heterocycles. The second-order valence-corrected chi connectivity index (χ2v) is 7.09. The van der Waals surface area contributed by atoms with Crippen molar-refractivity contribution in [1.29, 1.82) is 0 Å². The minimum atomic E-state index is -0.358. The van der Waals surface area contributed by atoms with Crippen LogP contribution in [-0.4, -0.2) is 43.2 Å². The second kappa shape index (κ2) is 7.30. The molecule has 2 unspecified atom stereocenters. The SMILES string of the molecule is COC(C)C(=O)N(Cc1ccsc1)C1CC12CCNCC2.Cl. The number of ether oxygens (including phenoxy) is 1. The number of nitrogens with zero attached hydrogens (tertiary/aromatic N) is 1. The molecule has 2 aliphatic rings. The van der Waals surface area contributed by atoms with Crippen LogP contribution in [0.2, 0.25) is 0 Å². The minimum Gasteiger partial charge on any atom is -0.372 e. The van der Waals surface area contributed by atoms with Gasteiger partial charge in [0.25, 0.3) is 5.91 Å². The van der Waals surface area contributed by atoms with E-state index in [2.05, 4.69) is 27.0 Å². The number of halogens is 1. The topological polar surface area (TPSA) is 41.6 Å². The predicted molar refractivity (Wildman–Crippen MR) is 91.5 cm³/mol. The average molecular weight is 345 g/mol. The number of piperidine rings is 1. The van der Waals surface area contributed by atoms with Crippen LogP contribution in [0.25, 0.3) is 0 Å². The first-order valence-electron chi connectivity index (χ1n) is 7.71. The molecule has 124 valence electrons. The second-order valence-electron chi connectivity index (χ2n) is 6.31. The first-order chi connectivity index (χ1) is 10.2. The van der Waals surface area contributed by atoms with Crippen LogP contribution in [0.4, 0.5) is 0 Å². The zero-order valence-electron chi connectivity index (χ0n) is 13.2. The van der Waals surface area contributed by atoms with E-state index in [0.29, 0.717) is 11.5 Å². The van der Waals surface area contributed by atoms with Gasteiger partial charge in [-0.1, -0.05) is 0 Å². The van der Waals surface area contributed by atoms with Crippen LogP contribution in [0.3, 0.4) is 0 Å². The Hall–Kier alpha value is -0.620. The molecule has 1 spiro atoms. The largest absolute Gasteiger partial charge is 0.372 e. The fraction of sp³-hybridized carbons (Fsp3) is 0.688. The quantitative estimate of drug-likeness (QED) is 0.893. The molecule has 0 aromatic carbocycles.